The molecule has 3 heterocycles. The lowest BCUT2D eigenvalue weighted by molar-refractivity contribution is -0.142. The zero-order valence-corrected chi connectivity index (χ0v) is 10.7. The predicted octanol–water partition coefficient (Wildman–Crippen LogP) is 0.621. The van der Waals surface area contributed by atoms with Crippen LogP contribution in [0.1, 0.15) is 0 Å². The van der Waals surface area contributed by atoms with E-state index in [2.05, 4.69) is 15.4 Å². The van der Waals surface area contributed by atoms with Crippen LogP contribution in [-0.2, 0) is 14.3 Å². The molecule has 1 unspecified atom stereocenters. The third-order valence-electron chi connectivity index (χ3n) is 2.87. The highest BCUT2D eigenvalue weighted by molar-refractivity contribution is 5.95. The van der Waals surface area contributed by atoms with Gasteiger partial charge in [0.2, 0.25) is 0 Å². The van der Waals surface area contributed by atoms with Crippen LogP contribution in [-0.4, -0.2) is 46.6 Å². The molecule has 1 amide bonds. The van der Waals surface area contributed by atoms with Gasteiger partial charge in [-0.3, -0.25) is 4.79 Å². The van der Waals surface area contributed by atoms with Gasteiger partial charge in [0, 0.05) is 18.6 Å². The van der Waals surface area contributed by atoms with Crippen LogP contribution < -0.4 is 5.32 Å². The summed E-state index contributed by atoms with van der Waals surface area (Å²) in [6.45, 7) is 1.22. The summed E-state index contributed by atoms with van der Waals surface area (Å²) in [5, 5.41) is 6.92. The Morgan fingerprint density at radius 1 is 1.35 bits per heavy atom. The van der Waals surface area contributed by atoms with Crippen molar-refractivity contribution in [2.45, 2.75) is 6.10 Å². The Hall–Kier alpha value is -2.25. The maximum atomic E-state index is 12.1. The first-order valence-corrected chi connectivity index (χ1v) is 6.30. The van der Waals surface area contributed by atoms with Crippen molar-refractivity contribution in [3.63, 3.8) is 0 Å². The van der Waals surface area contributed by atoms with E-state index in [1.807, 2.05) is 0 Å². The standard InChI is InChI=1S/C13H14N4O3/c18-13(11-9-19-7-8-20-11)16-10-3-1-4-14-12(10)17-6-2-5-15-17/h1-6,11H,7-9H2,(H,16,18). The van der Waals surface area contributed by atoms with Crippen molar-refractivity contribution < 1.29 is 14.3 Å². The first-order chi connectivity index (χ1) is 9.84. The van der Waals surface area contributed by atoms with E-state index < -0.39 is 6.10 Å². The van der Waals surface area contributed by atoms with E-state index in [4.69, 9.17) is 9.47 Å². The molecule has 7 nitrogen and oxygen atoms in total. The average molecular weight is 274 g/mol. The Kier molecular flexibility index (Phi) is 3.71. The lowest BCUT2D eigenvalue weighted by atomic mass is 10.3. The van der Waals surface area contributed by atoms with E-state index in [0.717, 1.165) is 0 Å². The zero-order chi connectivity index (χ0) is 13.8. The SMILES string of the molecule is O=C(Nc1cccnc1-n1cccn1)C1COCCO1. The van der Waals surface area contributed by atoms with E-state index in [0.29, 0.717) is 24.7 Å². The summed E-state index contributed by atoms with van der Waals surface area (Å²) in [5.41, 5.74) is 0.579. The Balaban J connectivity index is 1.79. The maximum Gasteiger partial charge on any atom is 0.256 e. The van der Waals surface area contributed by atoms with Gasteiger partial charge in [0.05, 0.1) is 25.5 Å². The molecular weight excluding hydrogens is 260 g/mol. The maximum absolute atomic E-state index is 12.1. The smallest absolute Gasteiger partial charge is 0.256 e. The van der Waals surface area contributed by atoms with E-state index >= 15 is 0 Å². The van der Waals surface area contributed by atoms with Gasteiger partial charge in [0.15, 0.2) is 11.9 Å². The number of hydrogen-bond donors (Lipinski definition) is 1. The van der Waals surface area contributed by atoms with E-state index in [1.165, 1.54) is 0 Å². The van der Waals surface area contributed by atoms with Crippen LogP contribution in [0, 0.1) is 0 Å². The van der Waals surface area contributed by atoms with Crippen molar-refractivity contribution in [3.8, 4) is 5.82 Å². The van der Waals surface area contributed by atoms with Crippen LogP contribution in [0.4, 0.5) is 5.69 Å². The number of aromatic nitrogens is 3. The second kappa shape index (κ2) is 5.81. The minimum atomic E-state index is -0.588. The molecule has 0 saturated carbocycles. The first kappa shape index (κ1) is 12.8. The molecule has 1 aliphatic heterocycles. The Morgan fingerprint density at radius 2 is 2.30 bits per heavy atom. The fraction of sp³-hybridized carbons (Fsp3) is 0.308. The van der Waals surface area contributed by atoms with Crippen LogP contribution in [0.25, 0.3) is 5.82 Å². The third-order valence-corrected chi connectivity index (χ3v) is 2.87. The molecule has 2 aromatic rings. The molecule has 0 aliphatic carbocycles. The Bertz CT molecular complexity index is 579. The number of anilines is 1. The molecule has 7 heteroatoms. The van der Waals surface area contributed by atoms with Crippen LogP contribution in [0.15, 0.2) is 36.8 Å². The molecular formula is C13H14N4O3. The van der Waals surface area contributed by atoms with Crippen molar-refractivity contribution in [1.82, 2.24) is 14.8 Å². The number of rotatable bonds is 3. The molecule has 0 spiro atoms. The highest BCUT2D eigenvalue weighted by Crippen LogP contribution is 2.17. The first-order valence-electron chi connectivity index (χ1n) is 6.30. The Labute approximate surface area is 115 Å². The number of amides is 1. The summed E-state index contributed by atoms with van der Waals surface area (Å²) < 4.78 is 12.2. The quantitative estimate of drug-likeness (QED) is 0.887. The number of pyridine rings is 1. The minimum absolute atomic E-state index is 0.244. The van der Waals surface area contributed by atoms with Gasteiger partial charge in [-0.15, -0.1) is 0 Å². The number of carbonyl (C=O) groups excluding carboxylic acids is 1. The van der Waals surface area contributed by atoms with Crippen molar-refractivity contribution >= 4 is 11.6 Å². The molecule has 2 aromatic heterocycles. The van der Waals surface area contributed by atoms with Gasteiger partial charge in [-0.2, -0.15) is 5.10 Å². The number of nitrogens with one attached hydrogen (secondary N) is 1. The summed E-state index contributed by atoms with van der Waals surface area (Å²) in [6, 6.07) is 5.31. The monoisotopic (exact) mass is 274 g/mol. The molecule has 1 N–H and O–H groups in total. The zero-order valence-electron chi connectivity index (χ0n) is 10.7. The van der Waals surface area contributed by atoms with Gasteiger partial charge in [-0.05, 0) is 18.2 Å². The summed E-state index contributed by atoms with van der Waals surface area (Å²) in [4.78, 5) is 16.3. The van der Waals surface area contributed by atoms with Crippen molar-refractivity contribution in [1.29, 1.82) is 0 Å². The minimum Gasteiger partial charge on any atom is -0.376 e. The van der Waals surface area contributed by atoms with Crippen molar-refractivity contribution in [2.24, 2.45) is 0 Å². The number of nitrogens with zero attached hydrogens (tertiary/aromatic N) is 3. The Morgan fingerprint density at radius 3 is 3.05 bits per heavy atom. The number of carbonyl (C=O) groups is 1. The molecule has 1 saturated heterocycles. The molecule has 1 atom stereocenters. The molecule has 0 radical (unpaired) electrons. The van der Waals surface area contributed by atoms with E-state index in [9.17, 15) is 4.79 Å². The van der Waals surface area contributed by atoms with Crippen LogP contribution >= 0.6 is 0 Å². The lowest BCUT2D eigenvalue weighted by Gasteiger charge is -2.22. The molecule has 20 heavy (non-hydrogen) atoms. The van der Waals surface area contributed by atoms with Crippen LogP contribution in [0.3, 0.4) is 0 Å². The van der Waals surface area contributed by atoms with E-state index in [1.54, 1.807) is 41.5 Å². The fourth-order valence-electron chi connectivity index (χ4n) is 1.92. The van der Waals surface area contributed by atoms with Gasteiger partial charge in [-0.1, -0.05) is 0 Å². The highest BCUT2D eigenvalue weighted by Gasteiger charge is 2.23. The average Bonchev–Trinajstić information content (AvgIpc) is 3.03. The fourth-order valence-corrected chi connectivity index (χ4v) is 1.92. The summed E-state index contributed by atoms with van der Waals surface area (Å²) in [5.74, 6) is 0.314. The van der Waals surface area contributed by atoms with Gasteiger partial charge >= 0.3 is 0 Å². The molecule has 0 aromatic carbocycles. The van der Waals surface area contributed by atoms with Gasteiger partial charge in [-0.25, -0.2) is 9.67 Å². The van der Waals surface area contributed by atoms with Gasteiger partial charge in [0.25, 0.3) is 5.91 Å². The summed E-state index contributed by atoms with van der Waals surface area (Å²) in [6.07, 6.45) is 4.47. The number of ether oxygens (including phenoxy) is 2. The summed E-state index contributed by atoms with van der Waals surface area (Å²) in [7, 11) is 0. The molecule has 1 aliphatic rings. The molecule has 0 bridgehead atoms. The number of hydrogen-bond acceptors (Lipinski definition) is 5. The van der Waals surface area contributed by atoms with Crippen LogP contribution in [0.2, 0.25) is 0 Å². The van der Waals surface area contributed by atoms with Gasteiger partial charge in [0.1, 0.15) is 0 Å². The van der Waals surface area contributed by atoms with Crippen molar-refractivity contribution in [3.05, 3.63) is 36.8 Å². The molecule has 104 valence electrons. The molecule has 1 fully saturated rings. The third kappa shape index (κ3) is 2.68. The predicted molar refractivity (Wildman–Crippen MR) is 70.5 cm³/mol. The second-order valence-corrected chi connectivity index (χ2v) is 4.25. The van der Waals surface area contributed by atoms with E-state index in [-0.39, 0.29) is 12.5 Å². The highest BCUT2D eigenvalue weighted by atomic mass is 16.6. The van der Waals surface area contributed by atoms with Crippen molar-refractivity contribution in [2.75, 3.05) is 25.1 Å². The largest absolute Gasteiger partial charge is 0.376 e. The second-order valence-electron chi connectivity index (χ2n) is 4.25. The lowest BCUT2D eigenvalue weighted by Crippen LogP contribution is -2.39. The summed E-state index contributed by atoms with van der Waals surface area (Å²) >= 11 is 0. The van der Waals surface area contributed by atoms with Crippen LogP contribution in [0.5, 0.6) is 0 Å². The normalized spacial score (nSPS) is 18.7. The van der Waals surface area contributed by atoms with Gasteiger partial charge < -0.3 is 14.8 Å². The topological polar surface area (TPSA) is 78.3 Å². The molecule has 3 rings (SSSR count).